The summed E-state index contributed by atoms with van der Waals surface area (Å²) in [4.78, 5) is 29.0. The monoisotopic (exact) mass is 500 g/mol. The third-order valence-electron chi connectivity index (χ3n) is 7.12. The first-order valence-electron chi connectivity index (χ1n) is 12.6. The maximum absolute atomic E-state index is 13.0. The zero-order valence-corrected chi connectivity index (χ0v) is 21.8. The molecule has 4 heterocycles. The van der Waals surface area contributed by atoms with Crippen molar-refractivity contribution < 1.29 is 9.59 Å². The van der Waals surface area contributed by atoms with Crippen LogP contribution in [0.5, 0.6) is 0 Å². The molecule has 0 unspecified atom stereocenters. The number of carbonyl (C=O) groups excluding carboxylic acids is 2. The van der Waals surface area contributed by atoms with Crippen molar-refractivity contribution in [2.24, 2.45) is 0 Å². The van der Waals surface area contributed by atoms with E-state index in [2.05, 4.69) is 26.3 Å². The molecule has 4 aromatic rings. The Labute approximate surface area is 215 Å². The van der Waals surface area contributed by atoms with Crippen LogP contribution in [0.25, 0.3) is 11.5 Å². The molecule has 0 saturated carbocycles. The maximum Gasteiger partial charge on any atom is 0.222 e. The Balaban J connectivity index is 1.18. The van der Waals surface area contributed by atoms with Gasteiger partial charge in [0.2, 0.25) is 5.91 Å². The Morgan fingerprint density at radius 3 is 2.49 bits per heavy atom. The van der Waals surface area contributed by atoms with Crippen molar-refractivity contribution in [2.45, 2.75) is 47.1 Å². The molecule has 1 aliphatic heterocycles. The van der Waals surface area contributed by atoms with E-state index in [0.29, 0.717) is 43.2 Å². The molecule has 0 bridgehead atoms. The van der Waals surface area contributed by atoms with Crippen molar-refractivity contribution >= 4 is 17.3 Å². The number of hydrogen-bond donors (Lipinski definition) is 0. The number of fused-ring (bicyclic) bond motifs is 1. The summed E-state index contributed by atoms with van der Waals surface area (Å²) in [5.41, 5.74) is 5.54. The van der Waals surface area contributed by atoms with Gasteiger partial charge in [0.15, 0.2) is 23.1 Å². The van der Waals surface area contributed by atoms with Crippen LogP contribution in [0.15, 0.2) is 36.4 Å². The number of hydrogen-bond acceptors (Lipinski definition) is 7. The minimum atomic E-state index is 0.0798. The van der Waals surface area contributed by atoms with Crippen LogP contribution in [0.1, 0.15) is 52.0 Å². The van der Waals surface area contributed by atoms with E-state index in [-0.39, 0.29) is 11.7 Å². The van der Waals surface area contributed by atoms with Gasteiger partial charge in [-0.3, -0.25) is 14.5 Å². The number of benzene rings is 1. The Morgan fingerprint density at radius 1 is 0.946 bits per heavy atom. The van der Waals surface area contributed by atoms with Crippen molar-refractivity contribution in [3.63, 3.8) is 0 Å². The van der Waals surface area contributed by atoms with Gasteiger partial charge in [-0.1, -0.05) is 18.2 Å². The van der Waals surface area contributed by atoms with Gasteiger partial charge < -0.3 is 4.90 Å². The van der Waals surface area contributed by atoms with Crippen LogP contribution < -0.4 is 0 Å². The molecule has 1 fully saturated rings. The third kappa shape index (κ3) is 5.15. The molecule has 1 aliphatic rings. The summed E-state index contributed by atoms with van der Waals surface area (Å²) in [5.74, 6) is 1.66. The number of amides is 1. The molecular formula is C27H32N8O2. The highest BCUT2D eigenvalue weighted by atomic mass is 16.2. The van der Waals surface area contributed by atoms with E-state index in [1.165, 1.54) is 0 Å². The number of aryl methyl sites for hydroxylation is 2. The van der Waals surface area contributed by atoms with Crippen LogP contribution in [0.2, 0.25) is 0 Å². The zero-order chi connectivity index (χ0) is 26.1. The number of ketones is 1. The van der Waals surface area contributed by atoms with Gasteiger partial charge in [0.05, 0.1) is 5.69 Å². The molecular weight excluding hydrogens is 468 g/mol. The van der Waals surface area contributed by atoms with Crippen LogP contribution in [-0.4, -0.2) is 77.3 Å². The Morgan fingerprint density at radius 2 is 1.73 bits per heavy atom. The minimum Gasteiger partial charge on any atom is -0.340 e. The minimum absolute atomic E-state index is 0.0798. The highest BCUT2D eigenvalue weighted by Crippen LogP contribution is 2.20. The summed E-state index contributed by atoms with van der Waals surface area (Å²) in [5, 5.41) is 17.5. The number of nitrogens with zero attached hydrogens (tertiary/aromatic N) is 8. The van der Waals surface area contributed by atoms with Gasteiger partial charge in [-0.05, 0) is 63.4 Å². The summed E-state index contributed by atoms with van der Waals surface area (Å²) in [6, 6.07) is 11.6. The summed E-state index contributed by atoms with van der Waals surface area (Å²) in [6.07, 6.45) is 1.09. The largest absolute Gasteiger partial charge is 0.340 e. The molecule has 3 aromatic heterocycles. The lowest BCUT2D eigenvalue weighted by atomic mass is 10.1. The fraction of sp³-hybridized carbons (Fsp3) is 0.407. The highest BCUT2D eigenvalue weighted by molar-refractivity contribution is 5.94. The van der Waals surface area contributed by atoms with E-state index >= 15 is 0 Å². The van der Waals surface area contributed by atoms with Gasteiger partial charge >= 0.3 is 0 Å². The molecule has 10 heteroatoms. The fourth-order valence-electron chi connectivity index (χ4n) is 4.95. The second-order valence-electron chi connectivity index (χ2n) is 9.68. The van der Waals surface area contributed by atoms with Gasteiger partial charge in [-0.15, -0.1) is 15.3 Å². The molecule has 0 spiro atoms. The predicted octanol–water partition coefficient (Wildman–Crippen LogP) is 2.71. The van der Waals surface area contributed by atoms with Crippen LogP contribution >= 0.6 is 0 Å². The van der Waals surface area contributed by atoms with Gasteiger partial charge in [0, 0.05) is 50.4 Å². The maximum atomic E-state index is 13.0. The fourth-order valence-corrected chi connectivity index (χ4v) is 4.95. The van der Waals surface area contributed by atoms with Gasteiger partial charge in [-0.2, -0.15) is 9.61 Å². The number of rotatable bonds is 7. The lowest BCUT2D eigenvalue weighted by molar-refractivity contribution is -0.133. The first-order chi connectivity index (χ1) is 17.8. The lowest BCUT2D eigenvalue weighted by Crippen LogP contribution is -2.48. The molecule has 37 heavy (non-hydrogen) atoms. The number of Topliss-reactive ketones (excluding diaryl/α,β-unsaturated/α-hetero) is 1. The van der Waals surface area contributed by atoms with Crippen LogP contribution in [0.4, 0.5) is 0 Å². The summed E-state index contributed by atoms with van der Waals surface area (Å²) in [7, 11) is 0. The molecule has 0 aliphatic carbocycles. The van der Waals surface area contributed by atoms with E-state index in [0.717, 1.165) is 47.7 Å². The van der Waals surface area contributed by atoms with Crippen molar-refractivity contribution in [1.29, 1.82) is 0 Å². The molecule has 1 aromatic carbocycles. The zero-order valence-electron chi connectivity index (χ0n) is 21.8. The molecule has 0 N–H and O–H groups in total. The van der Waals surface area contributed by atoms with E-state index in [4.69, 9.17) is 5.10 Å². The smallest absolute Gasteiger partial charge is 0.222 e. The number of carbonyl (C=O) groups is 2. The molecule has 1 saturated heterocycles. The van der Waals surface area contributed by atoms with E-state index in [1.54, 1.807) is 11.4 Å². The highest BCUT2D eigenvalue weighted by Gasteiger charge is 2.22. The average Bonchev–Trinajstić information content (AvgIpc) is 3.41. The molecule has 5 rings (SSSR count). The first-order valence-corrected chi connectivity index (χ1v) is 12.6. The molecule has 1 amide bonds. The molecule has 192 valence electrons. The SMILES string of the molecule is CC(=O)c1cccc(CN2CCN(C(=O)CCc3c(C)nn(-c4ccc5nnc(C)n5n4)c3C)CC2)c1. The van der Waals surface area contributed by atoms with Crippen molar-refractivity contribution in [3.05, 3.63) is 70.3 Å². The summed E-state index contributed by atoms with van der Waals surface area (Å²) >= 11 is 0. The number of piperazine rings is 1. The molecule has 10 nitrogen and oxygen atoms in total. The van der Waals surface area contributed by atoms with Crippen LogP contribution in [0.3, 0.4) is 0 Å². The summed E-state index contributed by atoms with van der Waals surface area (Å²) in [6.45, 7) is 11.3. The average molecular weight is 501 g/mol. The third-order valence-corrected chi connectivity index (χ3v) is 7.12. The second kappa shape index (κ2) is 10.2. The van der Waals surface area contributed by atoms with Crippen LogP contribution in [-0.2, 0) is 17.8 Å². The van der Waals surface area contributed by atoms with Gasteiger partial charge in [0.1, 0.15) is 0 Å². The molecule has 0 radical (unpaired) electrons. The van der Waals surface area contributed by atoms with Crippen molar-refractivity contribution in [3.8, 4) is 5.82 Å². The second-order valence-corrected chi connectivity index (χ2v) is 9.68. The van der Waals surface area contributed by atoms with E-state index in [1.807, 2.05) is 60.7 Å². The molecule has 0 atom stereocenters. The normalized spacial score (nSPS) is 14.4. The van der Waals surface area contributed by atoms with E-state index < -0.39 is 0 Å². The van der Waals surface area contributed by atoms with Crippen molar-refractivity contribution in [2.75, 3.05) is 26.2 Å². The standard InChI is InChI=1S/C27H32N8O2/c1-18-24(19(2)34(30-18)26-10-9-25-29-28-21(4)35(25)31-26)8-11-27(37)33-14-12-32(13-15-33)17-22-6-5-7-23(16-22)20(3)36/h5-7,9-10,16H,8,11-15,17H2,1-4H3. The predicted molar refractivity (Wildman–Crippen MR) is 139 cm³/mol. The number of aromatic nitrogens is 6. The Kier molecular flexibility index (Phi) is 6.84. The van der Waals surface area contributed by atoms with Crippen molar-refractivity contribution in [1.82, 2.24) is 39.4 Å². The van der Waals surface area contributed by atoms with Gasteiger partial charge in [0.25, 0.3) is 0 Å². The van der Waals surface area contributed by atoms with E-state index in [9.17, 15) is 9.59 Å². The topological polar surface area (TPSA) is 102 Å². The Bertz CT molecular complexity index is 1460. The summed E-state index contributed by atoms with van der Waals surface area (Å²) < 4.78 is 3.53. The lowest BCUT2D eigenvalue weighted by Gasteiger charge is -2.35. The quantitative estimate of drug-likeness (QED) is 0.360. The Hall–Kier alpha value is -3.92. The van der Waals surface area contributed by atoms with Crippen LogP contribution in [0, 0.1) is 20.8 Å². The van der Waals surface area contributed by atoms with Gasteiger partial charge in [-0.25, -0.2) is 4.68 Å². The first kappa shape index (κ1) is 24.8.